The number of benzene rings is 1. The summed E-state index contributed by atoms with van der Waals surface area (Å²) in [6.07, 6.45) is 1.18. The molecule has 15 heavy (non-hydrogen) atoms. The van der Waals surface area contributed by atoms with E-state index >= 15 is 0 Å². The topological polar surface area (TPSA) is 49.9 Å². The van der Waals surface area contributed by atoms with Crippen molar-refractivity contribution in [2.45, 2.75) is 13.8 Å². The Kier molecular flexibility index (Phi) is 3.76. The third kappa shape index (κ3) is 3.00. The van der Waals surface area contributed by atoms with E-state index in [1.165, 1.54) is 6.21 Å². The Balaban J connectivity index is 3.18. The Morgan fingerprint density at radius 2 is 2.13 bits per heavy atom. The number of nitrogens with one attached hydrogen (secondary N) is 1. The summed E-state index contributed by atoms with van der Waals surface area (Å²) >= 11 is 6.00. The average molecular weight is 221 g/mol. The molecule has 0 fully saturated rings. The molecule has 0 aliphatic rings. The van der Waals surface area contributed by atoms with Gasteiger partial charge in [0.25, 0.3) is 0 Å². The predicted octanol–water partition coefficient (Wildman–Crippen LogP) is 2.93. The van der Waals surface area contributed by atoms with Crippen molar-refractivity contribution in [3.05, 3.63) is 28.3 Å². The summed E-state index contributed by atoms with van der Waals surface area (Å²) in [4.78, 5) is 0. The number of rotatable bonds is 1. The Labute approximate surface area is 94.9 Å². The van der Waals surface area contributed by atoms with Gasteiger partial charge < -0.3 is 11.1 Å². The number of nitrogen functional groups attached to an aromatic ring is 1. The van der Waals surface area contributed by atoms with Crippen LogP contribution in [0, 0.1) is 23.2 Å². The SMILES string of the molecule is CC(C)C#Cc1cc(N)c(C=N)cc1Cl. The maximum absolute atomic E-state index is 7.12. The minimum atomic E-state index is 0.296. The fourth-order valence-corrected chi connectivity index (χ4v) is 1.27. The van der Waals surface area contributed by atoms with Gasteiger partial charge in [0, 0.05) is 28.9 Å². The lowest BCUT2D eigenvalue weighted by atomic mass is 10.1. The summed E-state index contributed by atoms with van der Waals surface area (Å²) in [6, 6.07) is 3.37. The molecule has 0 aliphatic heterocycles. The van der Waals surface area contributed by atoms with Gasteiger partial charge in [-0.2, -0.15) is 0 Å². The van der Waals surface area contributed by atoms with Crippen LogP contribution in [-0.4, -0.2) is 6.21 Å². The van der Waals surface area contributed by atoms with Gasteiger partial charge in [-0.3, -0.25) is 0 Å². The second-order valence-electron chi connectivity index (χ2n) is 3.53. The van der Waals surface area contributed by atoms with Crippen LogP contribution in [0.4, 0.5) is 5.69 Å². The minimum Gasteiger partial charge on any atom is -0.398 e. The highest BCUT2D eigenvalue weighted by Gasteiger charge is 2.02. The summed E-state index contributed by atoms with van der Waals surface area (Å²) in [7, 11) is 0. The average Bonchev–Trinajstić information content (AvgIpc) is 2.18. The second kappa shape index (κ2) is 4.86. The van der Waals surface area contributed by atoms with E-state index in [0.29, 0.717) is 27.8 Å². The lowest BCUT2D eigenvalue weighted by molar-refractivity contribution is 0.866. The van der Waals surface area contributed by atoms with Crippen LogP contribution in [0.1, 0.15) is 25.0 Å². The smallest absolute Gasteiger partial charge is 0.0570 e. The molecule has 0 bridgehead atoms. The fraction of sp³-hybridized carbons (Fsp3) is 0.250. The van der Waals surface area contributed by atoms with Gasteiger partial charge >= 0.3 is 0 Å². The van der Waals surface area contributed by atoms with E-state index in [1.807, 2.05) is 13.8 Å². The molecule has 1 aromatic rings. The third-order valence-electron chi connectivity index (χ3n) is 1.82. The fourth-order valence-electron chi connectivity index (χ4n) is 1.05. The molecule has 0 saturated heterocycles. The standard InChI is InChI=1S/C12H13ClN2/c1-8(2)3-4-9-6-12(15)10(7-14)5-11(9)13/h5-8,14H,15H2,1-2H3. The lowest BCUT2D eigenvalue weighted by Crippen LogP contribution is -1.94. The van der Waals surface area contributed by atoms with Crippen molar-refractivity contribution in [1.82, 2.24) is 0 Å². The number of hydrogen-bond acceptors (Lipinski definition) is 2. The van der Waals surface area contributed by atoms with Crippen molar-refractivity contribution in [3.63, 3.8) is 0 Å². The molecule has 0 amide bonds. The van der Waals surface area contributed by atoms with Crippen molar-refractivity contribution in [2.24, 2.45) is 5.92 Å². The molecule has 1 rings (SSSR count). The zero-order chi connectivity index (χ0) is 11.4. The van der Waals surface area contributed by atoms with Crippen LogP contribution in [0.15, 0.2) is 12.1 Å². The van der Waals surface area contributed by atoms with Crippen LogP contribution in [0.2, 0.25) is 5.02 Å². The Morgan fingerprint density at radius 1 is 1.47 bits per heavy atom. The molecule has 0 atom stereocenters. The molecule has 0 saturated carbocycles. The molecule has 0 heterocycles. The zero-order valence-electron chi connectivity index (χ0n) is 8.76. The number of hydrogen-bond donors (Lipinski definition) is 2. The van der Waals surface area contributed by atoms with Crippen molar-refractivity contribution in [2.75, 3.05) is 5.73 Å². The van der Waals surface area contributed by atoms with Gasteiger partial charge in [0.1, 0.15) is 0 Å². The Hall–Kier alpha value is -1.46. The van der Waals surface area contributed by atoms with Crippen molar-refractivity contribution < 1.29 is 0 Å². The van der Waals surface area contributed by atoms with Crippen molar-refractivity contribution in [1.29, 1.82) is 5.41 Å². The highest BCUT2D eigenvalue weighted by molar-refractivity contribution is 6.32. The second-order valence-corrected chi connectivity index (χ2v) is 3.94. The van der Waals surface area contributed by atoms with Gasteiger partial charge in [0.05, 0.1) is 5.02 Å². The highest BCUT2D eigenvalue weighted by Crippen LogP contribution is 2.21. The van der Waals surface area contributed by atoms with E-state index in [2.05, 4.69) is 11.8 Å². The van der Waals surface area contributed by atoms with E-state index in [-0.39, 0.29) is 0 Å². The Morgan fingerprint density at radius 3 is 2.67 bits per heavy atom. The van der Waals surface area contributed by atoms with Crippen molar-refractivity contribution >= 4 is 23.5 Å². The molecule has 0 radical (unpaired) electrons. The van der Waals surface area contributed by atoms with Gasteiger partial charge in [0.15, 0.2) is 0 Å². The summed E-state index contributed by atoms with van der Waals surface area (Å²) in [5.41, 5.74) is 7.60. The van der Waals surface area contributed by atoms with Crippen molar-refractivity contribution in [3.8, 4) is 11.8 Å². The molecule has 2 nitrogen and oxygen atoms in total. The van der Waals surface area contributed by atoms with Crippen LogP contribution >= 0.6 is 11.6 Å². The summed E-state index contributed by atoms with van der Waals surface area (Å²) in [5.74, 6) is 6.28. The van der Waals surface area contributed by atoms with E-state index in [9.17, 15) is 0 Å². The quantitative estimate of drug-likeness (QED) is 0.427. The summed E-state index contributed by atoms with van der Waals surface area (Å²) in [5, 5.41) is 7.66. The minimum absolute atomic E-state index is 0.296. The number of anilines is 1. The molecule has 0 aliphatic carbocycles. The first-order valence-corrected chi connectivity index (χ1v) is 5.03. The number of halogens is 1. The maximum Gasteiger partial charge on any atom is 0.0570 e. The van der Waals surface area contributed by atoms with Gasteiger partial charge in [-0.15, -0.1) is 0 Å². The molecule has 1 aromatic carbocycles. The van der Waals surface area contributed by atoms with Gasteiger partial charge in [-0.05, 0) is 12.1 Å². The van der Waals surface area contributed by atoms with Gasteiger partial charge in [-0.25, -0.2) is 0 Å². The van der Waals surface area contributed by atoms with Gasteiger partial charge in [0.2, 0.25) is 0 Å². The third-order valence-corrected chi connectivity index (χ3v) is 2.14. The van der Waals surface area contributed by atoms with E-state index in [0.717, 1.165) is 0 Å². The van der Waals surface area contributed by atoms with E-state index in [4.69, 9.17) is 22.7 Å². The molecular weight excluding hydrogens is 208 g/mol. The Bertz CT molecular complexity index is 439. The monoisotopic (exact) mass is 220 g/mol. The first-order chi connectivity index (χ1) is 7.04. The van der Waals surface area contributed by atoms with Crippen LogP contribution < -0.4 is 5.73 Å². The summed E-state index contributed by atoms with van der Waals surface area (Å²) in [6.45, 7) is 4.02. The van der Waals surface area contributed by atoms with Crippen LogP contribution in [0.5, 0.6) is 0 Å². The molecule has 0 spiro atoms. The molecule has 78 valence electrons. The van der Waals surface area contributed by atoms with E-state index < -0.39 is 0 Å². The number of nitrogens with two attached hydrogens (primary N) is 1. The van der Waals surface area contributed by atoms with Crippen LogP contribution in [0.3, 0.4) is 0 Å². The maximum atomic E-state index is 7.12. The first kappa shape index (κ1) is 11.6. The molecule has 0 aromatic heterocycles. The zero-order valence-corrected chi connectivity index (χ0v) is 9.52. The summed E-state index contributed by atoms with van der Waals surface area (Å²) < 4.78 is 0. The largest absolute Gasteiger partial charge is 0.398 e. The van der Waals surface area contributed by atoms with E-state index in [1.54, 1.807) is 12.1 Å². The van der Waals surface area contributed by atoms with Gasteiger partial charge in [-0.1, -0.05) is 37.3 Å². The predicted molar refractivity (Wildman–Crippen MR) is 65.5 cm³/mol. The molecule has 0 unspecified atom stereocenters. The van der Waals surface area contributed by atoms with Crippen LogP contribution in [-0.2, 0) is 0 Å². The normalized spacial score (nSPS) is 9.60. The molecule has 3 heteroatoms. The lowest BCUT2D eigenvalue weighted by Gasteiger charge is -2.02. The molecule has 3 N–H and O–H groups in total. The van der Waals surface area contributed by atoms with Crippen LogP contribution in [0.25, 0.3) is 0 Å². The molecular formula is C12H13ClN2. The first-order valence-electron chi connectivity index (χ1n) is 4.65. The highest BCUT2D eigenvalue weighted by atomic mass is 35.5.